The quantitative estimate of drug-likeness (QED) is 0.351. The zero-order valence-electron chi connectivity index (χ0n) is 9.86. The van der Waals surface area contributed by atoms with Gasteiger partial charge in [-0.15, -0.1) is 0 Å². The lowest BCUT2D eigenvalue weighted by atomic mass is 10.1. The van der Waals surface area contributed by atoms with E-state index in [1.807, 2.05) is 0 Å². The Hall–Kier alpha value is 1.08. The van der Waals surface area contributed by atoms with E-state index in [0.717, 1.165) is 0 Å². The van der Waals surface area contributed by atoms with Gasteiger partial charge in [0.05, 0.1) is 0 Å². The van der Waals surface area contributed by atoms with Crippen LogP contribution in [0.3, 0.4) is 0 Å². The van der Waals surface area contributed by atoms with E-state index in [1.54, 1.807) is 0 Å². The van der Waals surface area contributed by atoms with Crippen LogP contribution in [0.5, 0.6) is 0 Å². The molecular weight excluding hydrogens is 223 g/mol. The Balaban J connectivity index is 0. The summed E-state index contributed by atoms with van der Waals surface area (Å²) in [5.74, 6) is 0. The highest BCUT2D eigenvalue weighted by molar-refractivity contribution is 7.38. The summed E-state index contributed by atoms with van der Waals surface area (Å²) < 4.78 is 1.40. The molecule has 0 aliphatic heterocycles. The first kappa shape index (κ1) is 18.4. The van der Waals surface area contributed by atoms with E-state index in [0.29, 0.717) is 0 Å². The molecular formula is C10H24MgO3P+2. The van der Waals surface area contributed by atoms with Crippen LogP contribution in [-0.2, 0) is 0 Å². The fourth-order valence-corrected chi connectivity index (χ4v) is 1.66. The fraction of sp³-hybridized carbons (Fsp3) is 1.00. The SMILES string of the molecule is CCCCCCCCC[CH2][Mg+2].OP(O)O. The van der Waals surface area contributed by atoms with E-state index in [-0.39, 0.29) is 0 Å². The van der Waals surface area contributed by atoms with E-state index in [2.05, 4.69) is 28.6 Å². The Labute approximate surface area is 108 Å². The molecule has 0 aromatic heterocycles. The molecule has 0 amide bonds. The molecule has 0 aromatic carbocycles. The fourth-order valence-electron chi connectivity index (χ4n) is 1.31. The zero-order valence-corrected chi connectivity index (χ0v) is 12.2. The number of hydrogen-bond donors (Lipinski definition) is 3. The van der Waals surface area contributed by atoms with Gasteiger partial charge in [0, 0.05) is 6.42 Å². The van der Waals surface area contributed by atoms with Crippen LogP contribution >= 0.6 is 8.60 Å². The molecule has 3 N–H and O–H groups in total. The molecule has 87 valence electrons. The molecule has 15 heavy (non-hydrogen) atoms. The predicted octanol–water partition coefficient (Wildman–Crippen LogP) is 2.90. The van der Waals surface area contributed by atoms with E-state index >= 15 is 0 Å². The summed E-state index contributed by atoms with van der Waals surface area (Å²) in [6.07, 6.45) is 11.6. The molecule has 0 heterocycles. The highest BCUT2D eigenvalue weighted by Gasteiger charge is 2.19. The lowest BCUT2D eigenvalue weighted by Gasteiger charge is -1.97. The third kappa shape index (κ3) is 31.3. The average molecular weight is 248 g/mol. The van der Waals surface area contributed by atoms with Crippen LogP contribution in [0.1, 0.15) is 58.3 Å². The van der Waals surface area contributed by atoms with Crippen LogP contribution in [0.25, 0.3) is 0 Å². The molecule has 0 fully saturated rings. The van der Waals surface area contributed by atoms with E-state index in [9.17, 15) is 0 Å². The molecule has 7 radical (unpaired) electrons. The van der Waals surface area contributed by atoms with Gasteiger partial charge < -0.3 is 14.7 Å². The molecule has 0 aliphatic rings. The third-order valence-electron chi connectivity index (χ3n) is 2.10. The topological polar surface area (TPSA) is 60.7 Å². The number of unbranched alkanes of at least 4 members (excludes halogenated alkanes) is 7. The van der Waals surface area contributed by atoms with E-state index in [4.69, 9.17) is 14.7 Å². The van der Waals surface area contributed by atoms with Gasteiger partial charge in [0.25, 0.3) is 4.55 Å². The summed E-state index contributed by atoms with van der Waals surface area (Å²) in [6, 6.07) is 0. The second kappa shape index (κ2) is 17.5. The molecule has 0 aromatic rings. The van der Waals surface area contributed by atoms with Crippen LogP contribution in [0, 0.1) is 0 Å². The molecule has 0 unspecified atom stereocenters. The highest BCUT2D eigenvalue weighted by Crippen LogP contribution is 2.11. The Kier molecular flexibility index (Phi) is 21.5. The average Bonchev–Trinajstić information content (AvgIpc) is 2.16. The molecule has 3 nitrogen and oxygen atoms in total. The summed E-state index contributed by atoms with van der Waals surface area (Å²) in [7, 11) is -2.62. The van der Waals surface area contributed by atoms with Gasteiger partial charge >= 0.3 is 30.3 Å². The van der Waals surface area contributed by atoms with Gasteiger partial charge in [-0.1, -0.05) is 45.4 Å². The maximum atomic E-state index is 7.23. The van der Waals surface area contributed by atoms with Gasteiger partial charge in [0.2, 0.25) is 0 Å². The van der Waals surface area contributed by atoms with Crippen molar-refractivity contribution in [3.05, 3.63) is 0 Å². The minimum atomic E-state index is -2.62. The van der Waals surface area contributed by atoms with Crippen molar-refractivity contribution in [2.75, 3.05) is 0 Å². The first-order chi connectivity index (χ1) is 7.15. The molecule has 0 spiro atoms. The van der Waals surface area contributed by atoms with Gasteiger partial charge in [-0.25, -0.2) is 0 Å². The molecule has 0 rings (SSSR count). The Bertz CT molecular complexity index is 93.9. The van der Waals surface area contributed by atoms with Crippen LogP contribution in [0.2, 0.25) is 4.55 Å². The normalized spacial score (nSPS) is 10.0. The summed E-state index contributed by atoms with van der Waals surface area (Å²) in [5.41, 5.74) is 0. The maximum absolute atomic E-state index is 7.23. The first-order valence-corrected chi connectivity index (χ1v) is 8.01. The number of hydrogen-bond acceptors (Lipinski definition) is 3. The Morgan fingerprint density at radius 3 is 1.47 bits per heavy atom. The summed E-state index contributed by atoms with van der Waals surface area (Å²) in [4.78, 5) is 21.7. The summed E-state index contributed by atoms with van der Waals surface area (Å²) in [6.45, 7) is 2.28. The van der Waals surface area contributed by atoms with Gasteiger partial charge in [-0.05, 0) is 6.42 Å². The predicted molar refractivity (Wildman–Crippen MR) is 66.7 cm³/mol. The molecule has 5 heteroatoms. The molecule has 0 saturated carbocycles. The van der Waals surface area contributed by atoms with Crippen molar-refractivity contribution < 1.29 is 14.7 Å². The van der Waals surface area contributed by atoms with Crippen LogP contribution in [-0.4, -0.2) is 36.4 Å². The minimum Gasteiger partial charge on any atom is -0.328 e. The maximum Gasteiger partial charge on any atom is 1.41 e. The van der Waals surface area contributed by atoms with Gasteiger partial charge in [-0.3, -0.25) is 0 Å². The molecule has 0 atom stereocenters. The standard InChI is InChI=1S/C10H21.Mg.H3O3P/c1-3-5-7-9-10-8-6-4-2;;1-4(2)3/h1,3-10H2,2H3;;1-3H/q;+2;. The van der Waals surface area contributed by atoms with Crippen molar-refractivity contribution in [1.82, 2.24) is 0 Å². The molecule has 0 aliphatic carbocycles. The largest absolute Gasteiger partial charge is 1.41 e. The summed E-state index contributed by atoms with van der Waals surface area (Å²) >= 11 is 2.10. The van der Waals surface area contributed by atoms with Crippen LogP contribution in [0.15, 0.2) is 0 Å². The highest BCUT2D eigenvalue weighted by atomic mass is 31.2. The second-order valence-corrected chi connectivity index (χ2v) is 4.84. The lowest BCUT2D eigenvalue weighted by Crippen LogP contribution is -1.79. The van der Waals surface area contributed by atoms with Crippen molar-refractivity contribution in [2.45, 2.75) is 62.8 Å². The van der Waals surface area contributed by atoms with Crippen LogP contribution in [0.4, 0.5) is 0 Å². The first-order valence-electron chi connectivity index (χ1n) is 5.81. The number of rotatable bonds is 8. The Morgan fingerprint density at radius 1 is 0.800 bits per heavy atom. The van der Waals surface area contributed by atoms with Gasteiger partial charge in [0.15, 0.2) is 0 Å². The monoisotopic (exact) mass is 247 g/mol. The van der Waals surface area contributed by atoms with E-state index in [1.165, 1.54) is 55.9 Å². The van der Waals surface area contributed by atoms with Crippen LogP contribution < -0.4 is 0 Å². The zero-order chi connectivity index (χ0) is 11.9. The smallest absolute Gasteiger partial charge is 0.328 e. The van der Waals surface area contributed by atoms with Crippen molar-refractivity contribution in [2.24, 2.45) is 0 Å². The van der Waals surface area contributed by atoms with Crippen molar-refractivity contribution >= 4 is 30.3 Å². The molecule has 0 bridgehead atoms. The van der Waals surface area contributed by atoms with Crippen molar-refractivity contribution in [3.8, 4) is 0 Å². The minimum absolute atomic E-state index is 1.37. The third-order valence-corrected chi connectivity index (χ3v) is 2.60. The van der Waals surface area contributed by atoms with Gasteiger partial charge in [0.1, 0.15) is 0 Å². The Morgan fingerprint density at radius 2 is 1.13 bits per heavy atom. The summed E-state index contributed by atoms with van der Waals surface area (Å²) in [5, 5.41) is 0. The lowest BCUT2D eigenvalue weighted by molar-refractivity contribution is 0.368. The molecule has 0 saturated heterocycles. The van der Waals surface area contributed by atoms with Crippen molar-refractivity contribution in [3.63, 3.8) is 0 Å². The van der Waals surface area contributed by atoms with E-state index < -0.39 is 8.60 Å². The van der Waals surface area contributed by atoms with Gasteiger partial charge in [-0.2, -0.15) is 0 Å². The van der Waals surface area contributed by atoms with Crippen molar-refractivity contribution in [1.29, 1.82) is 0 Å². The second-order valence-electron chi connectivity index (χ2n) is 3.60.